The minimum atomic E-state index is -0.800. The molecule has 8 heteroatoms. The van der Waals surface area contributed by atoms with Gasteiger partial charge in [-0.2, -0.15) is 0 Å². The van der Waals surface area contributed by atoms with E-state index in [1.54, 1.807) is 11.8 Å². The van der Waals surface area contributed by atoms with Crippen molar-refractivity contribution in [3.8, 4) is 0 Å². The quantitative estimate of drug-likeness (QED) is 0.351. The van der Waals surface area contributed by atoms with E-state index in [0.717, 1.165) is 24.8 Å². The first-order valence-electron chi connectivity index (χ1n) is 11.1. The highest BCUT2D eigenvalue weighted by Crippen LogP contribution is 2.46. The fraction of sp³-hybridized carbons (Fsp3) is 0.542. The van der Waals surface area contributed by atoms with Gasteiger partial charge >= 0.3 is 12.1 Å². The Morgan fingerprint density at radius 1 is 1.22 bits per heavy atom. The number of hydrogen-bond acceptors (Lipinski definition) is 6. The number of nitrogens with zero attached hydrogens (tertiary/aromatic N) is 2. The Labute approximate surface area is 188 Å². The number of rotatable bonds is 8. The Morgan fingerprint density at radius 2 is 1.91 bits per heavy atom. The highest BCUT2D eigenvalue weighted by molar-refractivity contribution is 6.01. The van der Waals surface area contributed by atoms with E-state index in [1.165, 1.54) is 17.1 Å². The number of allylic oxidation sites excluding steroid dienone is 1. The van der Waals surface area contributed by atoms with Crippen molar-refractivity contribution in [1.29, 1.82) is 0 Å². The number of aliphatic hydroxyl groups is 1. The first kappa shape index (κ1) is 23.8. The minimum Gasteiger partial charge on any atom is -0.457 e. The van der Waals surface area contributed by atoms with E-state index in [9.17, 15) is 19.5 Å². The molecule has 0 radical (unpaired) electrons. The SMILES string of the molecule is C=CCOC(=O)C1=C(C(C)=CC2CCCCN2C(=O)OCC=C)C[C@@H]2[C@@H]([C@@H](C)O)C(=O)N12. The molecule has 2 saturated heterocycles. The molecule has 0 aromatic carbocycles. The molecule has 1 N–H and O–H groups in total. The Morgan fingerprint density at radius 3 is 2.56 bits per heavy atom. The van der Waals surface area contributed by atoms with E-state index in [1.807, 2.05) is 13.0 Å². The number of carbonyl (C=O) groups excluding carboxylic acids is 3. The fourth-order valence-corrected chi connectivity index (χ4v) is 4.77. The molecule has 174 valence electrons. The molecule has 0 aromatic rings. The van der Waals surface area contributed by atoms with Crippen molar-refractivity contribution < 1.29 is 29.0 Å². The van der Waals surface area contributed by atoms with Gasteiger partial charge in [-0.15, -0.1) is 0 Å². The smallest absolute Gasteiger partial charge is 0.410 e. The van der Waals surface area contributed by atoms with Gasteiger partial charge in [-0.3, -0.25) is 4.79 Å². The fourth-order valence-electron chi connectivity index (χ4n) is 4.77. The van der Waals surface area contributed by atoms with Crippen molar-refractivity contribution >= 4 is 18.0 Å². The Balaban J connectivity index is 1.90. The van der Waals surface area contributed by atoms with Gasteiger partial charge in [0.1, 0.15) is 18.9 Å². The lowest BCUT2D eigenvalue weighted by molar-refractivity contribution is -0.162. The van der Waals surface area contributed by atoms with Crippen LogP contribution in [0.5, 0.6) is 0 Å². The molecule has 0 aliphatic carbocycles. The molecule has 3 rings (SSSR count). The zero-order chi connectivity index (χ0) is 23.4. The third-order valence-corrected chi connectivity index (χ3v) is 6.28. The van der Waals surface area contributed by atoms with Crippen LogP contribution in [0.15, 0.2) is 48.2 Å². The lowest BCUT2D eigenvalue weighted by atomic mass is 9.82. The highest BCUT2D eigenvalue weighted by atomic mass is 16.6. The number of carbonyl (C=O) groups is 3. The molecule has 0 spiro atoms. The van der Waals surface area contributed by atoms with Crippen LogP contribution in [0.1, 0.15) is 39.5 Å². The van der Waals surface area contributed by atoms with E-state index in [-0.39, 0.29) is 36.9 Å². The predicted molar refractivity (Wildman–Crippen MR) is 118 cm³/mol. The van der Waals surface area contributed by atoms with Crippen LogP contribution in [0.4, 0.5) is 4.79 Å². The topological polar surface area (TPSA) is 96.4 Å². The molecule has 0 bridgehead atoms. The molecular formula is C24H32N2O6. The zero-order valence-corrected chi connectivity index (χ0v) is 18.8. The summed E-state index contributed by atoms with van der Waals surface area (Å²) in [7, 11) is 0. The van der Waals surface area contributed by atoms with Crippen LogP contribution < -0.4 is 0 Å². The second-order valence-corrected chi connectivity index (χ2v) is 8.43. The number of β-lactam (4-membered cyclic amide) rings is 1. The van der Waals surface area contributed by atoms with Gasteiger partial charge in [-0.25, -0.2) is 9.59 Å². The first-order chi connectivity index (χ1) is 15.3. The van der Waals surface area contributed by atoms with E-state index in [0.29, 0.717) is 18.5 Å². The predicted octanol–water partition coefficient (Wildman–Crippen LogP) is 2.70. The van der Waals surface area contributed by atoms with E-state index >= 15 is 0 Å². The van der Waals surface area contributed by atoms with Crippen molar-refractivity contribution in [3.05, 3.63) is 48.2 Å². The number of piperidine rings is 1. The maximum absolute atomic E-state index is 12.8. The van der Waals surface area contributed by atoms with Gasteiger partial charge in [-0.1, -0.05) is 31.4 Å². The number of fused-ring (bicyclic) bond motifs is 1. The molecule has 3 aliphatic rings. The molecule has 2 fully saturated rings. The average molecular weight is 445 g/mol. The van der Waals surface area contributed by atoms with E-state index in [2.05, 4.69) is 13.2 Å². The number of hydrogen-bond donors (Lipinski definition) is 1. The van der Waals surface area contributed by atoms with Crippen molar-refractivity contribution in [2.75, 3.05) is 19.8 Å². The van der Waals surface area contributed by atoms with Gasteiger partial charge in [-0.05, 0) is 50.7 Å². The second kappa shape index (κ2) is 10.2. The summed E-state index contributed by atoms with van der Waals surface area (Å²) in [4.78, 5) is 41.1. The summed E-state index contributed by atoms with van der Waals surface area (Å²) in [6.07, 6.45) is 6.89. The molecule has 3 aliphatic heterocycles. The second-order valence-electron chi connectivity index (χ2n) is 8.43. The number of likely N-dealkylation sites (tertiary alicyclic amines) is 1. The number of aliphatic hydroxyl groups excluding tert-OH is 1. The third kappa shape index (κ3) is 4.50. The van der Waals surface area contributed by atoms with Crippen LogP contribution in [-0.2, 0) is 19.1 Å². The molecule has 8 nitrogen and oxygen atoms in total. The summed E-state index contributed by atoms with van der Waals surface area (Å²) in [6, 6.07) is -0.442. The summed E-state index contributed by atoms with van der Waals surface area (Å²) in [5.41, 5.74) is 1.75. The van der Waals surface area contributed by atoms with Crippen molar-refractivity contribution in [1.82, 2.24) is 9.80 Å². The first-order valence-corrected chi connectivity index (χ1v) is 11.1. The van der Waals surface area contributed by atoms with Gasteiger partial charge in [0, 0.05) is 6.54 Å². The molecule has 32 heavy (non-hydrogen) atoms. The number of esters is 1. The molecule has 1 unspecified atom stereocenters. The van der Waals surface area contributed by atoms with Crippen LogP contribution in [0, 0.1) is 5.92 Å². The largest absolute Gasteiger partial charge is 0.457 e. The summed E-state index contributed by atoms with van der Waals surface area (Å²) in [5, 5.41) is 10.0. The molecule has 4 atom stereocenters. The van der Waals surface area contributed by atoms with Crippen LogP contribution in [0.2, 0.25) is 0 Å². The zero-order valence-electron chi connectivity index (χ0n) is 18.8. The van der Waals surface area contributed by atoms with Crippen LogP contribution >= 0.6 is 0 Å². The third-order valence-electron chi connectivity index (χ3n) is 6.28. The van der Waals surface area contributed by atoms with Gasteiger partial charge in [0.2, 0.25) is 5.91 Å². The van der Waals surface area contributed by atoms with Crippen molar-refractivity contribution in [3.63, 3.8) is 0 Å². The molecule has 3 heterocycles. The summed E-state index contributed by atoms with van der Waals surface area (Å²) < 4.78 is 10.5. The molecule has 0 aromatic heterocycles. The summed E-state index contributed by atoms with van der Waals surface area (Å²) in [5.74, 6) is -1.40. The van der Waals surface area contributed by atoms with Gasteiger partial charge < -0.3 is 24.4 Å². The van der Waals surface area contributed by atoms with Gasteiger partial charge in [0.15, 0.2) is 0 Å². The van der Waals surface area contributed by atoms with Crippen molar-refractivity contribution in [2.45, 2.75) is 57.7 Å². The maximum Gasteiger partial charge on any atom is 0.410 e. The maximum atomic E-state index is 12.8. The lowest BCUT2D eigenvalue weighted by Gasteiger charge is -2.44. The van der Waals surface area contributed by atoms with Gasteiger partial charge in [0.25, 0.3) is 0 Å². The van der Waals surface area contributed by atoms with E-state index in [4.69, 9.17) is 9.47 Å². The van der Waals surface area contributed by atoms with Crippen LogP contribution in [0.3, 0.4) is 0 Å². The Hall–Kier alpha value is -2.87. The average Bonchev–Trinajstić information content (AvgIpc) is 3.11. The number of amides is 2. The molecule has 0 saturated carbocycles. The van der Waals surface area contributed by atoms with Crippen molar-refractivity contribution in [2.24, 2.45) is 5.92 Å². The standard InChI is InChI=1S/C24H32N2O6/c1-5-11-31-23(29)21-18(14-19-20(16(4)27)22(28)26(19)21)15(3)13-17-9-7-8-10-25(17)24(30)32-12-6-2/h5-6,13,16-17,19-20,27H,1-2,7-12,14H2,3-4H3/t16-,17?,19-,20-/m1/s1. The lowest BCUT2D eigenvalue weighted by Crippen LogP contribution is -2.61. The molecule has 2 amide bonds. The monoisotopic (exact) mass is 444 g/mol. The summed E-state index contributed by atoms with van der Waals surface area (Å²) in [6.45, 7) is 11.4. The Bertz CT molecular complexity index is 859. The summed E-state index contributed by atoms with van der Waals surface area (Å²) >= 11 is 0. The van der Waals surface area contributed by atoms with Gasteiger partial charge in [0.05, 0.1) is 24.1 Å². The van der Waals surface area contributed by atoms with Crippen LogP contribution in [-0.4, -0.2) is 70.8 Å². The van der Waals surface area contributed by atoms with E-state index < -0.39 is 24.1 Å². The minimum absolute atomic E-state index is 0.0381. The number of ether oxygens (including phenoxy) is 2. The normalized spacial score (nSPS) is 26.3. The molecular weight excluding hydrogens is 412 g/mol. The Kier molecular flexibility index (Phi) is 7.56. The highest BCUT2D eigenvalue weighted by Gasteiger charge is 2.57. The van der Waals surface area contributed by atoms with Crippen LogP contribution in [0.25, 0.3) is 0 Å².